The van der Waals surface area contributed by atoms with Crippen LogP contribution in [0.25, 0.3) is 0 Å². The first-order chi connectivity index (χ1) is 7.97. The largest absolute Gasteiger partial charge is 0.390 e. The lowest BCUT2D eigenvalue weighted by atomic mass is 10.1. The normalized spacial score (nSPS) is 15.7. The molecular formula is C12H19N3O2. The van der Waals surface area contributed by atoms with Gasteiger partial charge in [0.1, 0.15) is 0 Å². The zero-order chi connectivity index (χ0) is 12.5. The summed E-state index contributed by atoms with van der Waals surface area (Å²) in [6.45, 7) is 5.51. The van der Waals surface area contributed by atoms with Gasteiger partial charge in [-0.1, -0.05) is 0 Å². The van der Waals surface area contributed by atoms with Gasteiger partial charge in [-0.15, -0.1) is 0 Å². The lowest BCUT2D eigenvalue weighted by molar-refractivity contribution is 0.0658. The second kappa shape index (κ2) is 4.58. The summed E-state index contributed by atoms with van der Waals surface area (Å²) in [5.74, 6) is 0. The Morgan fingerprint density at radius 2 is 2.35 bits per heavy atom. The lowest BCUT2D eigenvalue weighted by Crippen LogP contribution is -2.35. The minimum absolute atomic E-state index is 0.0424. The highest BCUT2D eigenvalue weighted by Crippen LogP contribution is 2.09. The Balaban J connectivity index is 2.22. The van der Waals surface area contributed by atoms with Crippen LogP contribution >= 0.6 is 0 Å². The zero-order valence-electron chi connectivity index (χ0n) is 10.4. The van der Waals surface area contributed by atoms with Gasteiger partial charge in [0.25, 0.3) is 5.56 Å². The van der Waals surface area contributed by atoms with Crippen molar-refractivity contribution < 1.29 is 5.11 Å². The van der Waals surface area contributed by atoms with E-state index < -0.39 is 5.60 Å². The molecule has 0 spiro atoms. The van der Waals surface area contributed by atoms with Crippen molar-refractivity contribution in [1.29, 1.82) is 0 Å². The molecule has 5 nitrogen and oxygen atoms in total. The third-order valence-corrected chi connectivity index (χ3v) is 3.03. The van der Waals surface area contributed by atoms with Crippen LogP contribution in [0.5, 0.6) is 0 Å². The number of fused-ring (bicyclic) bond motifs is 1. The Labute approximate surface area is 100 Å². The van der Waals surface area contributed by atoms with Crippen molar-refractivity contribution >= 4 is 0 Å². The summed E-state index contributed by atoms with van der Waals surface area (Å²) in [4.78, 5) is 16.4. The highest BCUT2D eigenvalue weighted by atomic mass is 16.3. The molecule has 1 aliphatic heterocycles. The van der Waals surface area contributed by atoms with Crippen LogP contribution in [0.3, 0.4) is 0 Å². The molecule has 0 bridgehead atoms. The maximum absolute atomic E-state index is 12.1. The van der Waals surface area contributed by atoms with E-state index in [1.807, 2.05) is 0 Å². The first-order valence-corrected chi connectivity index (χ1v) is 5.98. The summed E-state index contributed by atoms with van der Waals surface area (Å²) >= 11 is 0. The fourth-order valence-corrected chi connectivity index (χ4v) is 1.94. The molecule has 0 saturated heterocycles. The maximum Gasteiger partial charge on any atom is 0.256 e. The van der Waals surface area contributed by atoms with E-state index in [0.717, 1.165) is 24.2 Å². The van der Waals surface area contributed by atoms with Gasteiger partial charge in [0.15, 0.2) is 0 Å². The van der Waals surface area contributed by atoms with Crippen LogP contribution in [-0.2, 0) is 19.5 Å². The van der Waals surface area contributed by atoms with Gasteiger partial charge in [0.2, 0.25) is 0 Å². The number of aromatic nitrogens is 2. The predicted octanol–water partition coefficient (Wildman–Crippen LogP) is 0.0500. The molecule has 2 N–H and O–H groups in total. The molecule has 2 heterocycles. The Morgan fingerprint density at radius 1 is 1.59 bits per heavy atom. The molecule has 0 unspecified atom stereocenters. The smallest absolute Gasteiger partial charge is 0.256 e. The van der Waals surface area contributed by atoms with Crippen molar-refractivity contribution in [2.24, 2.45) is 0 Å². The first-order valence-electron chi connectivity index (χ1n) is 5.98. The summed E-state index contributed by atoms with van der Waals surface area (Å²) in [6.07, 6.45) is 2.87. The van der Waals surface area contributed by atoms with E-state index in [4.69, 9.17) is 0 Å². The second-order valence-electron chi connectivity index (χ2n) is 5.16. The molecule has 1 aliphatic rings. The van der Waals surface area contributed by atoms with Crippen molar-refractivity contribution in [1.82, 2.24) is 14.9 Å². The SMILES string of the molecule is CC(C)(O)CCn1cnc2c(c1=O)CCNC2. The van der Waals surface area contributed by atoms with Crippen molar-refractivity contribution in [3.05, 3.63) is 27.9 Å². The molecule has 94 valence electrons. The summed E-state index contributed by atoms with van der Waals surface area (Å²) in [5, 5.41) is 12.9. The van der Waals surface area contributed by atoms with Gasteiger partial charge in [-0.25, -0.2) is 4.98 Å². The van der Waals surface area contributed by atoms with Crippen molar-refractivity contribution in [2.75, 3.05) is 6.54 Å². The zero-order valence-corrected chi connectivity index (χ0v) is 10.4. The van der Waals surface area contributed by atoms with Crippen LogP contribution < -0.4 is 10.9 Å². The average molecular weight is 237 g/mol. The van der Waals surface area contributed by atoms with E-state index in [2.05, 4.69) is 10.3 Å². The van der Waals surface area contributed by atoms with Crippen LogP contribution in [0, 0.1) is 0 Å². The number of hydrogen-bond donors (Lipinski definition) is 2. The lowest BCUT2D eigenvalue weighted by Gasteiger charge is -2.20. The molecule has 0 amide bonds. The third-order valence-electron chi connectivity index (χ3n) is 3.03. The molecule has 5 heteroatoms. The van der Waals surface area contributed by atoms with E-state index in [-0.39, 0.29) is 5.56 Å². The van der Waals surface area contributed by atoms with Crippen LogP contribution in [-0.4, -0.2) is 26.8 Å². The van der Waals surface area contributed by atoms with Gasteiger partial charge in [0.05, 0.1) is 17.6 Å². The first kappa shape index (κ1) is 12.3. The van der Waals surface area contributed by atoms with Crippen molar-refractivity contribution in [3.8, 4) is 0 Å². The summed E-state index contributed by atoms with van der Waals surface area (Å²) < 4.78 is 1.60. The van der Waals surface area contributed by atoms with Crippen LogP contribution in [0.2, 0.25) is 0 Å². The van der Waals surface area contributed by atoms with E-state index in [1.165, 1.54) is 0 Å². The number of aliphatic hydroxyl groups is 1. The topological polar surface area (TPSA) is 67.1 Å². The van der Waals surface area contributed by atoms with Crippen molar-refractivity contribution in [3.63, 3.8) is 0 Å². The number of nitrogens with zero attached hydrogens (tertiary/aromatic N) is 2. The number of nitrogens with one attached hydrogen (secondary N) is 1. The highest BCUT2D eigenvalue weighted by Gasteiger charge is 2.17. The molecule has 1 aromatic rings. The molecule has 0 aliphatic carbocycles. The quantitative estimate of drug-likeness (QED) is 0.779. The van der Waals surface area contributed by atoms with Crippen molar-refractivity contribution in [2.45, 2.75) is 45.4 Å². The van der Waals surface area contributed by atoms with Gasteiger partial charge < -0.3 is 10.4 Å². The summed E-state index contributed by atoms with van der Waals surface area (Å²) in [5.41, 5.74) is 0.972. The fraction of sp³-hybridized carbons (Fsp3) is 0.667. The minimum atomic E-state index is -0.753. The van der Waals surface area contributed by atoms with E-state index in [1.54, 1.807) is 24.7 Å². The molecule has 0 atom stereocenters. The molecule has 17 heavy (non-hydrogen) atoms. The van der Waals surface area contributed by atoms with Gasteiger partial charge in [-0.05, 0) is 33.2 Å². The molecule has 2 rings (SSSR count). The Morgan fingerprint density at radius 3 is 3.06 bits per heavy atom. The minimum Gasteiger partial charge on any atom is -0.390 e. The van der Waals surface area contributed by atoms with E-state index >= 15 is 0 Å². The molecule has 0 aromatic carbocycles. The van der Waals surface area contributed by atoms with Crippen LogP contribution in [0.1, 0.15) is 31.5 Å². The Kier molecular flexibility index (Phi) is 3.31. The second-order valence-corrected chi connectivity index (χ2v) is 5.16. The third kappa shape index (κ3) is 2.92. The monoisotopic (exact) mass is 237 g/mol. The highest BCUT2D eigenvalue weighted by molar-refractivity contribution is 5.19. The van der Waals surface area contributed by atoms with E-state index in [0.29, 0.717) is 19.5 Å². The van der Waals surface area contributed by atoms with Gasteiger partial charge in [0, 0.05) is 18.7 Å². The van der Waals surface area contributed by atoms with E-state index in [9.17, 15) is 9.90 Å². The summed E-state index contributed by atoms with van der Waals surface area (Å²) in [6, 6.07) is 0. The number of rotatable bonds is 3. The number of hydrogen-bond acceptors (Lipinski definition) is 4. The van der Waals surface area contributed by atoms with Crippen LogP contribution in [0.15, 0.2) is 11.1 Å². The Hall–Kier alpha value is -1.20. The molecular weight excluding hydrogens is 218 g/mol. The van der Waals surface area contributed by atoms with Gasteiger partial charge >= 0.3 is 0 Å². The molecule has 0 fully saturated rings. The Bertz CT molecular complexity index is 460. The summed E-state index contributed by atoms with van der Waals surface area (Å²) in [7, 11) is 0. The standard InChI is InChI=1S/C12H19N3O2/c1-12(2,17)4-6-15-8-14-10-7-13-5-3-9(10)11(15)16/h8,13,17H,3-7H2,1-2H3. The average Bonchev–Trinajstić information content (AvgIpc) is 2.27. The predicted molar refractivity (Wildman–Crippen MR) is 64.8 cm³/mol. The van der Waals surface area contributed by atoms with Gasteiger partial charge in [-0.2, -0.15) is 0 Å². The maximum atomic E-state index is 12.1. The number of aryl methyl sites for hydroxylation is 1. The molecule has 0 saturated carbocycles. The van der Waals surface area contributed by atoms with Gasteiger partial charge in [-0.3, -0.25) is 9.36 Å². The fourth-order valence-electron chi connectivity index (χ4n) is 1.94. The molecule has 1 aromatic heterocycles. The van der Waals surface area contributed by atoms with Crippen LogP contribution in [0.4, 0.5) is 0 Å². The molecule has 0 radical (unpaired) electrons.